The summed E-state index contributed by atoms with van der Waals surface area (Å²) in [6, 6.07) is 1.55. The minimum absolute atomic E-state index is 0.172. The first-order valence-electron chi connectivity index (χ1n) is 6.26. The van der Waals surface area contributed by atoms with E-state index in [1.54, 1.807) is 13.0 Å². The Hall–Kier alpha value is -0.840. The lowest BCUT2D eigenvalue weighted by atomic mass is 10.0. The van der Waals surface area contributed by atoms with Crippen LogP contribution in [0.15, 0.2) is 6.07 Å². The van der Waals surface area contributed by atoms with E-state index in [4.69, 9.17) is 27.9 Å². The predicted octanol–water partition coefficient (Wildman–Crippen LogP) is 2.85. The van der Waals surface area contributed by atoms with Crippen LogP contribution in [0.3, 0.4) is 0 Å². The van der Waals surface area contributed by atoms with Gasteiger partial charge in [0.15, 0.2) is 0 Å². The summed E-state index contributed by atoms with van der Waals surface area (Å²) in [6.07, 6.45) is 2.13. The number of nitrogens with one attached hydrogen (secondary N) is 1. The highest BCUT2D eigenvalue weighted by Crippen LogP contribution is 2.22. The van der Waals surface area contributed by atoms with Crippen molar-refractivity contribution in [1.29, 1.82) is 0 Å². The van der Waals surface area contributed by atoms with Crippen molar-refractivity contribution < 1.29 is 9.53 Å². The van der Waals surface area contributed by atoms with E-state index >= 15 is 0 Å². The van der Waals surface area contributed by atoms with Crippen molar-refractivity contribution in [3.05, 3.63) is 27.5 Å². The second kappa shape index (κ2) is 6.55. The molecular weight excluding hydrogens is 287 g/mol. The molecule has 0 unspecified atom stereocenters. The third-order valence-electron chi connectivity index (χ3n) is 3.17. The van der Waals surface area contributed by atoms with E-state index in [0.29, 0.717) is 35.3 Å². The molecule has 2 heterocycles. The van der Waals surface area contributed by atoms with Crippen molar-refractivity contribution in [2.24, 2.45) is 5.92 Å². The monoisotopic (exact) mass is 302 g/mol. The molecule has 0 aliphatic carbocycles. The Morgan fingerprint density at radius 2 is 2.37 bits per heavy atom. The molecule has 1 fully saturated rings. The van der Waals surface area contributed by atoms with Gasteiger partial charge in [0.1, 0.15) is 5.15 Å². The lowest BCUT2D eigenvalue weighted by Gasteiger charge is -2.22. The van der Waals surface area contributed by atoms with E-state index in [1.807, 2.05) is 0 Å². The quantitative estimate of drug-likeness (QED) is 0.874. The van der Waals surface area contributed by atoms with Crippen molar-refractivity contribution in [3.63, 3.8) is 0 Å². The number of ether oxygens (including phenoxy) is 1. The van der Waals surface area contributed by atoms with Crippen molar-refractivity contribution in [2.75, 3.05) is 19.8 Å². The largest absolute Gasteiger partial charge is 0.381 e. The van der Waals surface area contributed by atoms with E-state index in [-0.39, 0.29) is 11.1 Å². The molecule has 0 bridgehead atoms. The van der Waals surface area contributed by atoms with Crippen LogP contribution < -0.4 is 5.32 Å². The standard InChI is InChI=1S/C13H16Cl2N2O2/c1-8-10(5-11(14)12(15)17-8)13(18)16-6-9-3-2-4-19-7-9/h5,9H,2-4,6-7H2,1H3,(H,16,18)/t9-/m0/s1. The first-order valence-corrected chi connectivity index (χ1v) is 7.02. The van der Waals surface area contributed by atoms with Gasteiger partial charge >= 0.3 is 0 Å². The zero-order valence-electron chi connectivity index (χ0n) is 10.7. The minimum atomic E-state index is -0.172. The van der Waals surface area contributed by atoms with Crippen LogP contribution in [0.5, 0.6) is 0 Å². The molecule has 6 heteroatoms. The molecule has 1 aliphatic rings. The Kier molecular flexibility index (Phi) is 5.02. The molecule has 1 atom stereocenters. The number of aromatic nitrogens is 1. The molecule has 2 rings (SSSR count). The SMILES string of the molecule is Cc1nc(Cl)c(Cl)cc1C(=O)NC[C@@H]1CCCOC1. The van der Waals surface area contributed by atoms with Gasteiger partial charge in [0.2, 0.25) is 0 Å². The Morgan fingerprint density at radius 1 is 1.58 bits per heavy atom. The second-order valence-electron chi connectivity index (χ2n) is 4.69. The van der Waals surface area contributed by atoms with Gasteiger partial charge in [-0.3, -0.25) is 4.79 Å². The zero-order valence-corrected chi connectivity index (χ0v) is 12.2. The molecular formula is C13H16Cl2N2O2. The molecule has 19 heavy (non-hydrogen) atoms. The van der Waals surface area contributed by atoms with Gasteiger partial charge in [-0.05, 0) is 31.7 Å². The highest BCUT2D eigenvalue weighted by atomic mass is 35.5. The highest BCUT2D eigenvalue weighted by Gasteiger charge is 2.17. The van der Waals surface area contributed by atoms with Crippen LogP contribution in [0.4, 0.5) is 0 Å². The second-order valence-corrected chi connectivity index (χ2v) is 5.45. The van der Waals surface area contributed by atoms with Gasteiger partial charge in [0.25, 0.3) is 5.91 Å². The van der Waals surface area contributed by atoms with Gasteiger partial charge in [0, 0.05) is 13.2 Å². The summed E-state index contributed by atoms with van der Waals surface area (Å²) in [6.45, 7) is 3.87. The molecule has 104 valence electrons. The van der Waals surface area contributed by atoms with Gasteiger partial charge in [-0.1, -0.05) is 23.2 Å². The average molecular weight is 303 g/mol. The number of halogens is 2. The van der Waals surface area contributed by atoms with Crippen molar-refractivity contribution >= 4 is 29.1 Å². The maximum absolute atomic E-state index is 12.1. The average Bonchev–Trinajstić information content (AvgIpc) is 2.41. The van der Waals surface area contributed by atoms with Crippen molar-refractivity contribution in [2.45, 2.75) is 19.8 Å². The Balaban J connectivity index is 1.97. The minimum Gasteiger partial charge on any atom is -0.381 e. The highest BCUT2D eigenvalue weighted by molar-refractivity contribution is 6.41. The summed E-state index contributed by atoms with van der Waals surface area (Å²) in [5.41, 5.74) is 1.04. The molecule has 0 spiro atoms. The third-order valence-corrected chi connectivity index (χ3v) is 3.85. The van der Waals surface area contributed by atoms with Crippen LogP contribution in [0.25, 0.3) is 0 Å². The Morgan fingerprint density at radius 3 is 3.05 bits per heavy atom. The van der Waals surface area contributed by atoms with Crippen LogP contribution in [-0.2, 0) is 4.74 Å². The summed E-state index contributed by atoms with van der Waals surface area (Å²) in [7, 11) is 0. The predicted molar refractivity (Wildman–Crippen MR) is 74.9 cm³/mol. The summed E-state index contributed by atoms with van der Waals surface area (Å²) in [4.78, 5) is 16.1. The van der Waals surface area contributed by atoms with E-state index in [0.717, 1.165) is 19.4 Å². The van der Waals surface area contributed by atoms with Crippen LogP contribution in [0, 0.1) is 12.8 Å². The number of nitrogens with zero attached hydrogens (tertiary/aromatic N) is 1. The first kappa shape index (κ1) is 14.6. The van der Waals surface area contributed by atoms with E-state index in [2.05, 4.69) is 10.3 Å². The first-order chi connectivity index (χ1) is 9.08. The number of rotatable bonds is 3. The maximum atomic E-state index is 12.1. The molecule has 0 saturated carbocycles. The van der Waals surface area contributed by atoms with Gasteiger partial charge in [-0.15, -0.1) is 0 Å². The van der Waals surface area contributed by atoms with Crippen LogP contribution in [0.1, 0.15) is 28.9 Å². The number of hydrogen-bond donors (Lipinski definition) is 1. The van der Waals surface area contributed by atoms with Gasteiger partial charge in [0.05, 0.1) is 22.9 Å². The molecule has 4 nitrogen and oxygen atoms in total. The lowest BCUT2D eigenvalue weighted by Crippen LogP contribution is -2.33. The smallest absolute Gasteiger partial charge is 0.253 e. The number of carbonyl (C=O) groups is 1. The topological polar surface area (TPSA) is 51.2 Å². The number of hydrogen-bond acceptors (Lipinski definition) is 3. The molecule has 1 aliphatic heterocycles. The summed E-state index contributed by atoms with van der Waals surface area (Å²) < 4.78 is 5.38. The fraction of sp³-hybridized carbons (Fsp3) is 0.538. The normalized spacial score (nSPS) is 19.2. The number of amides is 1. The maximum Gasteiger partial charge on any atom is 0.253 e. The molecule has 1 aromatic rings. The Bertz CT molecular complexity index is 474. The van der Waals surface area contributed by atoms with E-state index < -0.39 is 0 Å². The molecule has 1 amide bonds. The molecule has 0 aromatic carbocycles. The van der Waals surface area contributed by atoms with Crippen LogP contribution in [-0.4, -0.2) is 30.6 Å². The van der Waals surface area contributed by atoms with Crippen LogP contribution in [0.2, 0.25) is 10.2 Å². The summed E-state index contributed by atoms with van der Waals surface area (Å²) in [5, 5.41) is 3.40. The van der Waals surface area contributed by atoms with Crippen molar-refractivity contribution in [1.82, 2.24) is 10.3 Å². The van der Waals surface area contributed by atoms with Crippen LogP contribution >= 0.6 is 23.2 Å². The molecule has 0 radical (unpaired) electrons. The lowest BCUT2D eigenvalue weighted by molar-refractivity contribution is 0.0536. The fourth-order valence-corrected chi connectivity index (χ4v) is 2.41. The summed E-state index contributed by atoms with van der Waals surface area (Å²) in [5.74, 6) is 0.211. The molecule has 1 N–H and O–H groups in total. The zero-order chi connectivity index (χ0) is 13.8. The number of carbonyl (C=O) groups excluding carboxylic acids is 1. The van der Waals surface area contributed by atoms with Gasteiger partial charge < -0.3 is 10.1 Å². The molecule has 1 saturated heterocycles. The Labute approximate surface area is 122 Å². The van der Waals surface area contributed by atoms with Gasteiger partial charge in [-0.2, -0.15) is 0 Å². The van der Waals surface area contributed by atoms with Gasteiger partial charge in [-0.25, -0.2) is 4.98 Å². The molecule has 1 aromatic heterocycles. The van der Waals surface area contributed by atoms with E-state index in [9.17, 15) is 4.79 Å². The summed E-state index contributed by atoms with van der Waals surface area (Å²) >= 11 is 11.7. The fourth-order valence-electron chi connectivity index (χ4n) is 2.08. The third kappa shape index (κ3) is 3.81. The number of pyridine rings is 1. The van der Waals surface area contributed by atoms with E-state index in [1.165, 1.54) is 0 Å². The van der Waals surface area contributed by atoms with Crippen molar-refractivity contribution in [3.8, 4) is 0 Å². The number of aryl methyl sites for hydroxylation is 1.